The summed E-state index contributed by atoms with van der Waals surface area (Å²) in [5.41, 5.74) is 11.1. The minimum atomic E-state index is 0.478. The molecule has 4 nitrogen and oxygen atoms in total. The lowest BCUT2D eigenvalue weighted by atomic mass is 9.77. The van der Waals surface area contributed by atoms with Crippen molar-refractivity contribution in [3.05, 3.63) is 59.2 Å². The van der Waals surface area contributed by atoms with E-state index >= 15 is 0 Å². The highest BCUT2D eigenvalue weighted by molar-refractivity contribution is 5.84. The number of nitrogens with two attached hydrogens (primary N) is 1. The molecule has 0 bridgehead atoms. The average Bonchev–Trinajstić information content (AvgIpc) is 2.80. The van der Waals surface area contributed by atoms with E-state index in [9.17, 15) is 0 Å². The molecule has 21 heavy (non-hydrogen) atoms. The maximum absolute atomic E-state index is 9.17. The summed E-state index contributed by atoms with van der Waals surface area (Å²) in [5, 5.41) is 9.17. The highest BCUT2D eigenvalue weighted by Crippen LogP contribution is 2.37. The summed E-state index contributed by atoms with van der Waals surface area (Å²) in [4.78, 5) is 4.37. The predicted molar refractivity (Wildman–Crippen MR) is 81.7 cm³/mol. The summed E-state index contributed by atoms with van der Waals surface area (Å²) in [7, 11) is 0. The average molecular weight is 274 g/mol. The second-order valence-corrected chi connectivity index (χ2v) is 5.47. The molecule has 0 radical (unpaired) electrons. The molecule has 1 aromatic heterocycles. The van der Waals surface area contributed by atoms with Gasteiger partial charge >= 0.3 is 0 Å². The fraction of sp³-hybridized carbons (Fsp3) is 0.176. The van der Waals surface area contributed by atoms with Crippen molar-refractivity contribution in [1.29, 1.82) is 5.26 Å². The van der Waals surface area contributed by atoms with Crippen LogP contribution in [0.3, 0.4) is 0 Å². The molecule has 1 unspecified atom stereocenters. The monoisotopic (exact) mass is 274 g/mol. The van der Waals surface area contributed by atoms with Crippen LogP contribution in [-0.4, -0.2) is 9.55 Å². The highest BCUT2D eigenvalue weighted by atomic mass is 15.2. The molecule has 0 fully saturated rings. The van der Waals surface area contributed by atoms with E-state index in [1.54, 1.807) is 6.07 Å². The third-order valence-electron chi connectivity index (χ3n) is 4.29. The van der Waals surface area contributed by atoms with Gasteiger partial charge in [0.1, 0.15) is 11.6 Å². The zero-order valence-electron chi connectivity index (χ0n) is 11.5. The van der Waals surface area contributed by atoms with Crippen LogP contribution in [-0.2, 0) is 13.0 Å². The maximum Gasteiger partial charge on any atom is 0.201 e. The van der Waals surface area contributed by atoms with E-state index in [-0.39, 0.29) is 0 Å². The molecule has 0 aliphatic heterocycles. The maximum atomic E-state index is 9.17. The number of nitrogen functional groups attached to an aromatic ring is 1. The first-order valence-corrected chi connectivity index (χ1v) is 7.00. The zero-order chi connectivity index (χ0) is 14.4. The van der Waals surface area contributed by atoms with Crippen molar-refractivity contribution in [3.63, 3.8) is 0 Å². The number of nitrogens with zero attached hydrogens (tertiary/aromatic N) is 3. The molecule has 4 heteroatoms. The fourth-order valence-corrected chi connectivity index (χ4v) is 3.19. The molecule has 2 N–H and O–H groups in total. The molecule has 4 rings (SSSR count). The van der Waals surface area contributed by atoms with Crippen LogP contribution in [0.4, 0.5) is 5.95 Å². The minimum Gasteiger partial charge on any atom is -0.369 e. The van der Waals surface area contributed by atoms with Gasteiger partial charge in [0, 0.05) is 12.5 Å². The highest BCUT2D eigenvalue weighted by Gasteiger charge is 2.27. The lowest BCUT2D eigenvalue weighted by Gasteiger charge is -2.30. The van der Waals surface area contributed by atoms with Gasteiger partial charge in [0.25, 0.3) is 0 Å². The van der Waals surface area contributed by atoms with Crippen LogP contribution in [0.2, 0.25) is 0 Å². The van der Waals surface area contributed by atoms with Crippen molar-refractivity contribution in [1.82, 2.24) is 9.55 Å². The van der Waals surface area contributed by atoms with Crippen LogP contribution < -0.4 is 5.73 Å². The van der Waals surface area contributed by atoms with Gasteiger partial charge in [0.05, 0.1) is 11.1 Å². The molecular formula is C17H14N4. The van der Waals surface area contributed by atoms with Crippen molar-refractivity contribution in [2.75, 3.05) is 5.73 Å². The number of rotatable bonds is 2. The second kappa shape index (κ2) is 4.35. The number of hydrogen-bond acceptors (Lipinski definition) is 3. The van der Waals surface area contributed by atoms with Crippen molar-refractivity contribution in [3.8, 4) is 6.07 Å². The van der Waals surface area contributed by atoms with Crippen LogP contribution >= 0.6 is 0 Å². The van der Waals surface area contributed by atoms with E-state index in [1.807, 2.05) is 16.7 Å². The first kappa shape index (κ1) is 12.0. The number of para-hydroxylation sites is 1. The van der Waals surface area contributed by atoms with Crippen LogP contribution in [0.1, 0.15) is 22.6 Å². The van der Waals surface area contributed by atoms with Gasteiger partial charge in [0.15, 0.2) is 0 Å². The largest absolute Gasteiger partial charge is 0.369 e. The van der Waals surface area contributed by atoms with E-state index in [0.717, 1.165) is 18.5 Å². The molecule has 102 valence electrons. The van der Waals surface area contributed by atoms with Crippen LogP contribution in [0.5, 0.6) is 0 Å². The number of benzene rings is 2. The summed E-state index contributed by atoms with van der Waals surface area (Å²) in [6.45, 7) is 0.814. The number of hydrogen-bond donors (Lipinski definition) is 1. The third-order valence-corrected chi connectivity index (χ3v) is 4.29. The summed E-state index contributed by atoms with van der Waals surface area (Å²) in [6.07, 6.45) is 1.08. The van der Waals surface area contributed by atoms with Gasteiger partial charge < -0.3 is 10.3 Å². The Kier molecular flexibility index (Phi) is 2.48. The molecule has 0 spiro atoms. The SMILES string of the molecule is N#Cc1cccc2c1nc(N)n2CC1Cc2ccccc21. The van der Waals surface area contributed by atoms with Crippen LogP contribution in [0, 0.1) is 11.3 Å². The van der Waals surface area contributed by atoms with Crippen molar-refractivity contribution in [2.45, 2.75) is 18.9 Å². The number of fused-ring (bicyclic) bond motifs is 2. The Morgan fingerprint density at radius 1 is 1.24 bits per heavy atom. The first-order valence-electron chi connectivity index (χ1n) is 7.00. The van der Waals surface area contributed by atoms with Crippen LogP contribution in [0.25, 0.3) is 11.0 Å². The second-order valence-electron chi connectivity index (χ2n) is 5.47. The quantitative estimate of drug-likeness (QED) is 0.781. The Hall–Kier alpha value is -2.80. The molecular weight excluding hydrogens is 260 g/mol. The lowest BCUT2D eigenvalue weighted by molar-refractivity contribution is 0.521. The van der Waals surface area contributed by atoms with E-state index in [0.29, 0.717) is 22.9 Å². The van der Waals surface area contributed by atoms with Gasteiger partial charge in [-0.05, 0) is 29.7 Å². The van der Waals surface area contributed by atoms with Crippen molar-refractivity contribution >= 4 is 17.0 Å². The predicted octanol–water partition coefficient (Wildman–Crippen LogP) is 2.83. The van der Waals surface area contributed by atoms with Crippen molar-refractivity contribution in [2.24, 2.45) is 0 Å². The summed E-state index contributed by atoms with van der Waals surface area (Å²) in [5.74, 6) is 0.962. The normalized spacial score (nSPS) is 16.2. The Morgan fingerprint density at radius 2 is 2.10 bits per heavy atom. The van der Waals surface area contributed by atoms with Gasteiger partial charge in [-0.15, -0.1) is 0 Å². The number of imidazole rings is 1. The Bertz CT molecular complexity index is 885. The van der Waals surface area contributed by atoms with Gasteiger partial charge in [-0.2, -0.15) is 5.26 Å². The van der Waals surface area contributed by atoms with E-state index in [4.69, 9.17) is 11.0 Å². The summed E-state index contributed by atoms with van der Waals surface area (Å²) in [6, 6.07) is 16.3. The Balaban J connectivity index is 1.76. The van der Waals surface area contributed by atoms with Gasteiger partial charge in [-0.25, -0.2) is 4.98 Å². The number of aromatic nitrogens is 2. The molecule has 1 aliphatic carbocycles. The summed E-state index contributed by atoms with van der Waals surface area (Å²) < 4.78 is 2.02. The molecule has 3 aromatic rings. The molecule has 1 aliphatic rings. The zero-order valence-corrected chi connectivity index (χ0v) is 11.5. The number of nitriles is 1. The van der Waals surface area contributed by atoms with Crippen LogP contribution in [0.15, 0.2) is 42.5 Å². The van der Waals surface area contributed by atoms with Crippen molar-refractivity contribution < 1.29 is 0 Å². The Morgan fingerprint density at radius 3 is 2.90 bits per heavy atom. The topological polar surface area (TPSA) is 67.6 Å². The third kappa shape index (κ3) is 1.71. The van der Waals surface area contributed by atoms with Gasteiger partial charge in [-0.1, -0.05) is 30.3 Å². The number of anilines is 1. The molecule has 1 heterocycles. The molecule has 0 amide bonds. The minimum absolute atomic E-state index is 0.478. The van der Waals surface area contributed by atoms with Gasteiger partial charge in [0.2, 0.25) is 5.95 Å². The standard InChI is InChI=1S/C17H14N4/c18-9-12-5-3-7-15-16(12)20-17(19)21(15)10-13-8-11-4-1-2-6-14(11)13/h1-7,13H,8,10H2,(H2,19,20). The molecule has 1 atom stereocenters. The molecule has 0 saturated heterocycles. The van der Waals surface area contributed by atoms with Gasteiger partial charge in [-0.3, -0.25) is 0 Å². The fourth-order valence-electron chi connectivity index (χ4n) is 3.19. The smallest absolute Gasteiger partial charge is 0.201 e. The summed E-state index contributed by atoms with van der Waals surface area (Å²) >= 11 is 0. The van der Waals surface area contributed by atoms with E-state index in [1.165, 1.54) is 11.1 Å². The van der Waals surface area contributed by atoms with E-state index in [2.05, 4.69) is 35.3 Å². The lowest BCUT2D eigenvalue weighted by Crippen LogP contribution is -2.22. The molecule has 0 saturated carbocycles. The first-order chi connectivity index (χ1) is 10.3. The molecule has 2 aromatic carbocycles. The Labute approximate surface area is 122 Å². The van der Waals surface area contributed by atoms with E-state index < -0.39 is 0 Å².